The van der Waals surface area contributed by atoms with E-state index >= 15 is 0 Å². The van der Waals surface area contributed by atoms with E-state index in [1.165, 1.54) is 18.4 Å². The molecule has 0 aromatic rings. The molecule has 1 fully saturated rings. The first-order valence-corrected chi connectivity index (χ1v) is 4.48. The molecule has 3 aliphatic rings. The van der Waals surface area contributed by atoms with Gasteiger partial charge in [0.1, 0.15) is 0 Å². The van der Waals surface area contributed by atoms with E-state index in [4.69, 9.17) is 0 Å². The molecule has 0 amide bonds. The molecule has 1 saturated carbocycles. The summed E-state index contributed by atoms with van der Waals surface area (Å²) in [4.78, 5) is 0. The Bertz CT molecular complexity index is 220. The second-order valence-electron chi connectivity index (χ2n) is 4.45. The molecule has 0 nitrogen and oxygen atoms in total. The van der Waals surface area contributed by atoms with Crippen molar-refractivity contribution in [3.05, 3.63) is 24.3 Å². The van der Waals surface area contributed by atoms with Crippen LogP contribution in [0.2, 0.25) is 0 Å². The van der Waals surface area contributed by atoms with E-state index in [-0.39, 0.29) is 0 Å². The van der Waals surface area contributed by atoms with Crippen LogP contribution >= 0.6 is 0 Å². The van der Waals surface area contributed by atoms with Gasteiger partial charge in [-0.1, -0.05) is 32.6 Å². The van der Waals surface area contributed by atoms with E-state index in [0.717, 1.165) is 11.8 Å². The van der Waals surface area contributed by atoms with Gasteiger partial charge in [-0.3, -0.25) is 0 Å². The summed E-state index contributed by atoms with van der Waals surface area (Å²) in [5, 5.41) is 0. The molecule has 3 aliphatic carbocycles. The van der Waals surface area contributed by atoms with E-state index in [2.05, 4.69) is 26.5 Å². The molecule has 0 radical (unpaired) electrons. The van der Waals surface area contributed by atoms with Crippen molar-refractivity contribution in [2.24, 2.45) is 17.3 Å². The van der Waals surface area contributed by atoms with Gasteiger partial charge < -0.3 is 0 Å². The maximum Gasteiger partial charge on any atom is -0.0108 e. The van der Waals surface area contributed by atoms with Crippen molar-refractivity contribution < 1.29 is 0 Å². The third-order valence-corrected chi connectivity index (χ3v) is 3.75. The largest absolute Gasteiger partial charge is 0.0988 e. The fourth-order valence-electron chi connectivity index (χ4n) is 2.63. The summed E-state index contributed by atoms with van der Waals surface area (Å²) in [6, 6.07) is 0. The highest BCUT2D eigenvalue weighted by Gasteiger charge is 2.50. The highest BCUT2D eigenvalue weighted by atomic mass is 14.5. The van der Waals surface area contributed by atoms with Crippen molar-refractivity contribution in [1.82, 2.24) is 0 Å². The van der Waals surface area contributed by atoms with Gasteiger partial charge in [0.15, 0.2) is 0 Å². The zero-order chi connectivity index (χ0) is 8.06. The lowest BCUT2D eigenvalue weighted by Crippen LogP contribution is -2.47. The Kier molecular flexibility index (Phi) is 1.30. The second-order valence-corrected chi connectivity index (χ2v) is 4.45. The zero-order valence-electron chi connectivity index (χ0n) is 7.43. The minimum absolute atomic E-state index is 0.568. The molecule has 11 heavy (non-hydrogen) atoms. The first-order chi connectivity index (χ1) is 5.16. The summed E-state index contributed by atoms with van der Waals surface area (Å²) in [5.41, 5.74) is 2.07. The standard InChI is InChI=1S/C11H16/c1-4-8-5-6-9-7-10(8)11(9,2)3/h4-5,9-10H,1,6-7H2,2-3H3/t9-,10+/m0/s1. The summed E-state index contributed by atoms with van der Waals surface area (Å²) in [7, 11) is 0. The Morgan fingerprint density at radius 2 is 2.36 bits per heavy atom. The van der Waals surface area contributed by atoms with Gasteiger partial charge >= 0.3 is 0 Å². The monoisotopic (exact) mass is 148 g/mol. The van der Waals surface area contributed by atoms with Crippen LogP contribution in [-0.4, -0.2) is 0 Å². The lowest BCUT2D eigenvalue weighted by molar-refractivity contribution is -0.00325. The molecule has 0 unspecified atom stereocenters. The lowest BCUT2D eigenvalue weighted by Gasteiger charge is -2.56. The van der Waals surface area contributed by atoms with E-state index < -0.39 is 0 Å². The minimum Gasteiger partial charge on any atom is -0.0988 e. The number of hydrogen-bond acceptors (Lipinski definition) is 0. The van der Waals surface area contributed by atoms with Crippen LogP contribution in [0.4, 0.5) is 0 Å². The van der Waals surface area contributed by atoms with Crippen LogP contribution in [0.15, 0.2) is 24.3 Å². The Morgan fingerprint density at radius 3 is 2.73 bits per heavy atom. The smallest absolute Gasteiger partial charge is 0.0108 e. The average Bonchev–Trinajstić information content (AvgIpc) is 2.04. The molecule has 3 rings (SSSR count). The average molecular weight is 148 g/mol. The molecule has 0 aliphatic heterocycles. The van der Waals surface area contributed by atoms with Gasteiger partial charge in [-0.05, 0) is 35.7 Å². The lowest BCUT2D eigenvalue weighted by atomic mass is 9.49. The highest BCUT2D eigenvalue weighted by Crippen LogP contribution is 2.59. The number of hydrogen-bond donors (Lipinski definition) is 0. The molecule has 60 valence electrons. The molecule has 2 atom stereocenters. The van der Waals surface area contributed by atoms with Crippen LogP contribution in [-0.2, 0) is 0 Å². The number of rotatable bonds is 1. The molecule has 0 N–H and O–H groups in total. The first-order valence-electron chi connectivity index (χ1n) is 4.48. The summed E-state index contributed by atoms with van der Waals surface area (Å²) in [5.74, 6) is 1.77. The van der Waals surface area contributed by atoms with Gasteiger partial charge in [-0.15, -0.1) is 0 Å². The van der Waals surface area contributed by atoms with Crippen LogP contribution in [0, 0.1) is 17.3 Å². The van der Waals surface area contributed by atoms with Crippen molar-refractivity contribution in [1.29, 1.82) is 0 Å². The molecule has 0 spiro atoms. The van der Waals surface area contributed by atoms with E-state index in [0.29, 0.717) is 5.41 Å². The molecular weight excluding hydrogens is 132 g/mol. The van der Waals surface area contributed by atoms with Crippen LogP contribution < -0.4 is 0 Å². The quantitative estimate of drug-likeness (QED) is 0.536. The summed E-state index contributed by atoms with van der Waals surface area (Å²) < 4.78 is 0. The SMILES string of the molecule is C=CC1=CC[C@H]2C[C@H]1C2(C)C. The predicted molar refractivity (Wildman–Crippen MR) is 48.3 cm³/mol. The van der Waals surface area contributed by atoms with Crippen LogP contribution in [0.25, 0.3) is 0 Å². The Morgan fingerprint density at radius 1 is 1.64 bits per heavy atom. The fourth-order valence-corrected chi connectivity index (χ4v) is 2.63. The Labute approximate surface area is 69.0 Å². The van der Waals surface area contributed by atoms with Crippen LogP contribution in [0.3, 0.4) is 0 Å². The van der Waals surface area contributed by atoms with Crippen molar-refractivity contribution in [3.63, 3.8) is 0 Å². The number of fused-ring (bicyclic) bond motifs is 1. The van der Waals surface area contributed by atoms with E-state index in [9.17, 15) is 0 Å². The third kappa shape index (κ3) is 0.756. The second kappa shape index (κ2) is 2.00. The van der Waals surface area contributed by atoms with Gasteiger partial charge in [0.25, 0.3) is 0 Å². The Hall–Kier alpha value is -0.520. The van der Waals surface area contributed by atoms with Gasteiger partial charge in [-0.2, -0.15) is 0 Å². The van der Waals surface area contributed by atoms with Gasteiger partial charge in [0, 0.05) is 0 Å². The summed E-state index contributed by atoms with van der Waals surface area (Å²) in [6.45, 7) is 8.64. The predicted octanol–water partition coefficient (Wildman–Crippen LogP) is 3.16. The molecule has 0 saturated heterocycles. The summed E-state index contributed by atoms with van der Waals surface area (Å²) >= 11 is 0. The van der Waals surface area contributed by atoms with Crippen LogP contribution in [0.1, 0.15) is 26.7 Å². The molecule has 2 bridgehead atoms. The molecule has 0 heteroatoms. The fraction of sp³-hybridized carbons (Fsp3) is 0.636. The minimum atomic E-state index is 0.568. The first kappa shape index (κ1) is 7.15. The maximum atomic E-state index is 3.86. The normalized spacial score (nSPS) is 38.9. The van der Waals surface area contributed by atoms with Crippen molar-refractivity contribution >= 4 is 0 Å². The van der Waals surface area contributed by atoms with E-state index in [1.807, 2.05) is 6.08 Å². The topological polar surface area (TPSA) is 0 Å². The third-order valence-electron chi connectivity index (χ3n) is 3.75. The van der Waals surface area contributed by atoms with Gasteiger partial charge in [0.2, 0.25) is 0 Å². The van der Waals surface area contributed by atoms with E-state index in [1.54, 1.807) is 0 Å². The van der Waals surface area contributed by atoms with Gasteiger partial charge in [-0.25, -0.2) is 0 Å². The number of allylic oxidation sites excluding steroid dienone is 3. The zero-order valence-corrected chi connectivity index (χ0v) is 7.43. The van der Waals surface area contributed by atoms with Crippen molar-refractivity contribution in [2.75, 3.05) is 0 Å². The van der Waals surface area contributed by atoms with Crippen molar-refractivity contribution in [3.8, 4) is 0 Å². The van der Waals surface area contributed by atoms with Gasteiger partial charge in [0.05, 0.1) is 0 Å². The van der Waals surface area contributed by atoms with Crippen LogP contribution in [0.5, 0.6) is 0 Å². The highest BCUT2D eigenvalue weighted by molar-refractivity contribution is 5.30. The Balaban J connectivity index is 2.30. The molecule has 0 aromatic carbocycles. The maximum absolute atomic E-state index is 3.86. The molecular formula is C11H16. The van der Waals surface area contributed by atoms with Crippen molar-refractivity contribution in [2.45, 2.75) is 26.7 Å². The summed E-state index contributed by atoms with van der Waals surface area (Å²) in [6.07, 6.45) is 7.11. The molecule has 0 aromatic heterocycles. The molecule has 0 heterocycles.